The zero-order chi connectivity index (χ0) is 7.82. The van der Waals surface area contributed by atoms with Crippen LogP contribution in [0.15, 0.2) is 16.8 Å². The monoisotopic (exact) mass is 140 g/mol. The summed E-state index contributed by atoms with van der Waals surface area (Å²) in [6.07, 6.45) is 4.86. The van der Waals surface area contributed by atoms with Gasteiger partial charge in [0.05, 0.1) is 6.34 Å². The molecule has 0 rings (SSSR count). The molecule has 2 nitrogen and oxygen atoms in total. The molecule has 0 atom stereocenters. The van der Waals surface area contributed by atoms with E-state index < -0.39 is 0 Å². The summed E-state index contributed by atoms with van der Waals surface area (Å²) < 4.78 is 0. The second-order valence-corrected chi connectivity index (χ2v) is 2.14. The van der Waals surface area contributed by atoms with Gasteiger partial charge < -0.3 is 5.32 Å². The number of aliphatic imine (C=N–C) groups is 1. The van der Waals surface area contributed by atoms with E-state index in [4.69, 9.17) is 0 Å². The van der Waals surface area contributed by atoms with Crippen molar-refractivity contribution < 1.29 is 0 Å². The Morgan fingerprint density at radius 3 is 2.80 bits per heavy atom. The molecule has 0 aliphatic rings. The van der Waals surface area contributed by atoms with Crippen molar-refractivity contribution in [2.24, 2.45) is 4.99 Å². The van der Waals surface area contributed by atoms with Gasteiger partial charge in [0.25, 0.3) is 0 Å². The first-order valence-corrected chi connectivity index (χ1v) is 3.70. The predicted molar refractivity (Wildman–Crippen MR) is 46.2 cm³/mol. The summed E-state index contributed by atoms with van der Waals surface area (Å²) in [5, 5.41) is 3.07. The van der Waals surface area contributed by atoms with Crippen LogP contribution in [0.25, 0.3) is 0 Å². The van der Waals surface area contributed by atoms with Gasteiger partial charge in [0.2, 0.25) is 0 Å². The molecule has 0 fully saturated rings. The summed E-state index contributed by atoms with van der Waals surface area (Å²) in [6.45, 7) is 7.08. The van der Waals surface area contributed by atoms with Crippen molar-refractivity contribution >= 4 is 6.34 Å². The van der Waals surface area contributed by atoms with Gasteiger partial charge in [-0.1, -0.05) is 13.0 Å². The van der Waals surface area contributed by atoms with E-state index in [0.29, 0.717) is 0 Å². The van der Waals surface area contributed by atoms with E-state index >= 15 is 0 Å². The average Bonchev–Trinajstić information content (AvgIpc) is 1.98. The minimum absolute atomic E-state index is 1.00. The average molecular weight is 140 g/mol. The van der Waals surface area contributed by atoms with Crippen molar-refractivity contribution in [3.8, 4) is 0 Å². The minimum Gasteiger partial charge on any atom is -0.376 e. The SMILES string of the molecule is C/C=C(C)\N=C/NCCC. The highest BCUT2D eigenvalue weighted by Crippen LogP contribution is 1.89. The van der Waals surface area contributed by atoms with Crippen molar-refractivity contribution in [1.82, 2.24) is 5.32 Å². The first kappa shape index (κ1) is 9.21. The molecule has 0 unspecified atom stereocenters. The number of nitrogens with zero attached hydrogens (tertiary/aromatic N) is 1. The molecule has 0 aromatic rings. The molecule has 10 heavy (non-hydrogen) atoms. The van der Waals surface area contributed by atoms with Crippen molar-refractivity contribution in [2.45, 2.75) is 27.2 Å². The Morgan fingerprint density at radius 1 is 1.60 bits per heavy atom. The van der Waals surface area contributed by atoms with Gasteiger partial charge in [-0.3, -0.25) is 0 Å². The molecular formula is C8H16N2. The van der Waals surface area contributed by atoms with Crippen LogP contribution in [-0.4, -0.2) is 12.9 Å². The molecule has 58 valence electrons. The summed E-state index contributed by atoms with van der Waals surface area (Å²) >= 11 is 0. The standard InChI is InChI=1S/C8H16N2/c1-4-6-9-7-10-8(3)5-2/h5,7H,4,6H2,1-3H3,(H,9,10)/b8-5-. The smallest absolute Gasteiger partial charge is 0.0882 e. The Bertz CT molecular complexity index is 125. The molecule has 2 heteroatoms. The van der Waals surface area contributed by atoms with Gasteiger partial charge in [-0.25, -0.2) is 4.99 Å². The molecule has 0 aromatic heterocycles. The second-order valence-electron chi connectivity index (χ2n) is 2.14. The largest absolute Gasteiger partial charge is 0.376 e. The van der Waals surface area contributed by atoms with E-state index in [1.807, 2.05) is 19.9 Å². The highest BCUT2D eigenvalue weighted by Gasteiger charge is 1.76. The van der Waals surface area contributed by atoms with E-state index in [1.54, 1.807) is 6.34 Å². The Labute approximate surface area is 63.0 Å². The third kappa shape index (κ3) is 5.35. The van der Waals surface area contributed by atoms with E-state index in [-0.39, 0.29) is 0 Å². The third-order valence-corrected chi connectivity index (χ3v) is 1.17. The van der Waals surface area contributed by atoms with Crippen LogP contribution in [0.3, 0.4) is 0 Å². The van der Waals surface area contributed by atoms with Gasteiger partial charge in [0, 0.05) is 12.2 Å². The molecule has 0 spiro atoms. The van der Waals surface area contributed by atoms with E-state index in [2.05, 4.69) is 17.2 Å². The normalized spacial score (nSPS) is 12.5. The quantitative estimate of drug-likeness (QED) is 0.360. The molecule has 0 bridgehead atoms. The van der Waals surface area contributed by atoms with Crippen LogP contribution in [0.4, 0.5) is 0 Å². The predicted octanol–water partition coefficient (Wildman–Crippen LogP) is 1.94. The molecule has 0 saturated heterocycles. The second kappa shape index (κ2) is 6.33. The van der Waals surface area contributed by atoms with Crippen molar-refractivity contribution in [3.63, 3.8) is 0 Å². The van der Waals surface area contributed by atoms with E-state index in [0.717, 1.165) is 18.7 Å². The third-order valence-electron chi connectivity index (χ3n) is 1.17. The van der Waals surface area contributed by atoms with Gasteiger partial charge in [0.15, 0.2) is 0 Å². The number of rotatable bonds is 4. The van der Waals surface area contributed by atoms with Crippen LogP contribution in [0.2, 0.25) is 0 Å². The molecule has 1 N–H and O–H groups in total. The van der Waals surface area contributed by atoms with Gasteiger partial charge >= 0.3 is 0 Å². The minimum atomic E-state index is 1.00. The highest BCUT2D eigenvalue weighted by molar-refractivity contribution is 5.55. The highest BCUT2D eigenvalue weighted by atomic mass is 14.9. The van der Waals surface area contributed by atoms with Crippen LogP contribution in [0.5, 0.6) is 0 Å². The zero-order valence-corrected chi connectivity index (χ0v) is 7.02. The van der Waals surface area contributed by atoms with Crippen LogP contribution in [0.1, 0.15) is 27.2 Å². The topological polar surface area (TPSA) is 24.4 Å². The molecule has 0 aliphatic carbocycles. The number of nitrogens with one attached hydrogen (secondary N) is 1. The number of hydrogen-bond donors (Lipinski definition) is 1. The Hall–Kier alpha value is -0.790. The maximum atomic E-state index is 4.11. The van der Waals surface area contributed by atoms with Crippen molar-refractivity contribution in [3.05, 3.63) is 11.8 Å². The van der Waals surface area contributed by atoms with Crippen LogP contribution >= 0.6 is 0 Å². The lowest BCUT2D eigenvalue weighted by atomic mass is 10.5. The summed E-state index contributed by atoms with van der Waals surface area (Å²) in [5.74, 6) is 0. The van der Waals surface area contributed by atoms with Crippen molar-refractivity contribution in [1.29, 1.82) is 0 Å². The maximum Gasteiger partial charge on any atom is 0.0882 e. The van der Waals surface area contributed by atoms with Gasteiger partial charge in [-0.05, 0) is 20.3 Å². The maximum absolute atomic E-state index is 4.11. The lowest BCUT2D eigenvalue weighted by Crippen LogP contribution is -2.11. The lowest BCUT2D eigenvalue weighted by Gasteiger charge is -1.93. The Kier molecular flexibility index (Phi) is 5.83. The van der Waals surface area contributed by atoms with Crippen molar-refractivity contribution in [2.75, 3.05) is 6.54 Å². The molecule has 0 radical (unpaired) electrons. The molecule has 0 heterocycles. The first-order chi connectivity index (χ1) is 4.81. The fraction of sp³-hybridized carbons (Fsp3) is 0.625. The number of allylic oxidation sites excluding steroid dienone is 2. The Morgan fingerprint density at radius 2 is 2.30 bits per heavy atom. The molecule has 0 aliphatic heterocycles. The van der Waals surface area contributed by atoms with Crippen LogP contribution < -0.4 is 5.32 Å². The lowest BCUT2D eigenvalue weighted by molar-refractivity contribution is 0.850. The number of hydrogen-bond acceptors (Lipinski definition) is 1. The molecular weight excluding hydrogens is 124 g/mol. The van der Waals surface area contributed by atoms with Gasteiger partial charge in [0.1, 0.15) is 0 Å². The fourth-order valence-electron chi connectivity index (χ4n) is 0.431. The first-order valence-electron chi connectivity index (χ1n) is 3.70. The summed E-state index contributed by atoms with van der Waals surface area (Å²) in [6, 6.07) is 0. The van der Waals surface area contributed by atoms with Gasteiger partial charge in [-0.15, -0.1) is 0 Å². The fourth-order valence-corrected chi connectivity index (χ4v) is 0.431. The summed E-state index contributed by atoms with van der Waals surface area (Å²) in [5.41, 5.74) is 1.05. The van der Waals surface area contributed by atoms with Crippen LogP contribution in [0, 0.1) is 0 Å². The van der Waals surface area contributed by atoms with E-state index in [9.17, 15) is 0 Å². The molecule has 0 amide bonds. The zero-order valence-electron chi connectivity index (χ0n) is 7.02. The van der Waals surface area contributed by atoms with E-state index in [1.165, 1.54) is 0 Å². The molecule has 0 aromatic carbocycles. The summed E-state index contributed by atoms with van der Waals surface area (Å²) in [7, 11) is 0. The van der Waals surface area contributed by atoms with Crippen LogP contribution in [-0.2, 0) is 0 Å². The Balaban J connectivity index is 3.37. The molecule has 0 saturated carbocycles. The van der Waals surface area contributed by atoms with Gasteiger partial charge in [-0.2, -0.15) is 0 Å². The summed E-state index contributed by atoms with van der Waals surface area (Å²) in [4.78, 5) is 4.11.